The Balaban J connectivity index is 2.22. The van der Waals surface area contributed by atoms with Crippen molar-refractivity contribution >= 4 is 17.5 Å². The van der Waals surface area contributed by atoms with Crippen LogP contribution in [0.4, 0.5) is 5.69 Å². The van der Waals surface area contributed by atoms with Gasteiger partial charge < -0.3 is 11.1 Å². The highest BCUT2D eigenvalue weighted by Crippen LogP contribution is 2.15. The molecular formula is C15H18N4O2. The van der Waals surface area contributed by atoms with Gasteiger partial charge in [0.2, 0.25) is 0 Å². The molecule has 0 aliphatic rings. The number of benzene rings is 1. The number of primary amides is 1. The summed E-state index contributed by atoms with van der Waals surface area (Å²) in [7, 11) is 0. The van der Waals surface area contributed by atoms with Crippen LogP contribution >= 0.6 is 0 Å². The van der Waals surface area contributed by atoms with E-state index < -0.39 is 5.91 Å². The van der Waals surface area contributed by atoms with Crippen LogP contribution in [0, 0.1) is 0 Å². The first-order chi connectivity index (χ1) is 10.0. The van der Waals surface area contributed by atoms with Crippen LogP contribution in [0.5, 0.6) is 0 Å². The summed E-state index contributed by atoms with van der Waals surface area (Å²) in [4.78, 5) is 23.5. The summed E-state index contributed by atoms with van der Waals surface area (Å²) in [5, 5.41) is 6.71. The second-order valence-electron chi connectivity index (χ2n) is 4.62. The third kappa shape index (κ3) is 3.28. The van der Waals surface area contributed by atoms with Crippen molar-refractivity contribution < 1.29 is 9.59 Å². The van der Waals surface area contributed by atoms with Gasteiger partial charge in [-0.15, -0.1) is 0 Å². The molecule has 0 radical (unpaired) electrons. The highest BCUT2D eigenvalue weighted by Gasteiger charge is 2.16. The van der Waals surface area contributed by atoms with Crippen LogP contribution in [-0.2, 0) is 13.0 Å². The monoisotopic (exact) mass is 286 g/mol. The number of nitrogens with zero attached hydrogens (tertiary/aromatic N) is 2. The minimum absolute atomic E-state index is 0.0652. The maximum Gasteiger partial charge on any atom is 0.271 e. The molecule has 0 saturated heterocycles. The molecule has 2 aromatic rings. The maximum atomic E-state index is 12.2. The zero-order valence-corrected chi connectivity index (χ0v) is 12.1. The van der Waals surface area contributed by atoms with Crippen molar-refractivity contribution in [3.8, 4) is 0 Å². The van der Waals surface area contributed by atoms with Gasteiger partial charge in [0.05, 0.1) is 5.69 Å². The average Bonchev–Trinajstić information content (AvgIpc) is 2.90. The first kappa shape index (κ1) is 14.8. The van der Waals surface area contributed by atoms with Gasteiger partial charge in [-0.3, -0.25) is 14.3 Å². The number of carbonyl (C=O) groups is 2. The van der Waals surface area contributed by atoms with E-state index >= 15 is 0 Å². The normalized spacial score (nSPS) is 10.4. The van der Waals surface area contributed by atoms with Crippen LogP contribution < -0.4 is 11.1 Å². The number of carbonyl (C=O) groups excluding carboxylic acids is 2. The van der Waals surface area contributed by atoms with Crippen LogP contribution in [0.2, 0.25) is 0 Å². The fraction of sp³-hybridized carbons (Fsp3) is 0.267. The van der Waals surface area contributed by atoms with Gasteiger partial charge in [0.25, 0.3) is 11.8 Å². The van der Waals surface area contributed by atoms with Crippen molar-refractivity contribution in [3.05, 3.63) is 47.3 Å². The van der Waals surface area contributed by atoms with Crippen molar-refractivity contribution in [1.82, 2.24) is 9.78 Å². The molecule has 0 atom stereocenters. The molecule has 0 aliphatic heterocycles. The zero-order valence-electron chi connectivity index (χ0n) is 12.1. The lowest BCUT2D eigenvalue weighted by Crippen LogP contribution is -2.18. The summed E-state index contributed by atoms with van der Waals surface area (Å²) in [6.07, 6.45) is 2.51. The number of aromatic nitrogens is 2. The van der Waals surface area contributed by atoms with Crippen molar-refractivity contribution in [2.45, 2.75) is 26.8 Å². The Morgan fingerprint density at radius 3 is 2.43 bits per heavy atom. The first-order valence-corrected chi connectivity index (χ1v) is 6.82. The van der Waals surface area contributed by atoms with Gasteiger partial charge in [0.15, 0.2) is 5.69 Å². The van der Waals surface area contributed by atoms with Gasteiger partial charge >= 0.3 is 0 Å². The fourth-order valence-electron chi connectivity index (χ4n) is 1.94. The molecule has 0 bridgehead atoms. The topological polar surface area (TPSA) is 90.0 Å². The number of aryl methyl sites for hydroxylation is 2. The Hall–Kier alpha value is -2.63. The second-order valence-corrected chi connectivity index (χ2v) is 4.62. The van der Waals surface area contributed by atoms with Crippen LogP contribution in [0.25, 0.3) is 0 Å². The lowest BCUT2D eigenvalue weighted by atomic mass is 10.1. The largest absolute Gasteiger partial charge is 0.364 e. The van der Waals surface area contributed by atoms with Crippen molar-refractivity contribution in [2.75, 3.05) is 5.32 Å². The Kier molecular flexibility index (Phi) is 4.37. The third-order valence-corrected chi connectivity index (χ3v) is 3.19. The zero-order chi connectivity index (χ0) is 15.4. The third-order valence-electron chi connectivity index (χ3n) is 3.19. The molecule has 1 heterocycles. The van der Waals surface area contributed by atoms with Crippen LogP contribution in [0.3, 0.4) is 0 Å². The van der Waals surface area contributed by atoms with E-state index in [4.69, 9.17) is 5.73 Å². The average molecular weight is 286 g/mol. The summed E-state index contributed by atoms with van der Waals surface area (Å²) in [6.45, 7) is 4.52. The van der Waals surface area contributed by atoms with Crippen molar-refractivity contribution in [1.29, 1.82) is 0 Å². The molecule has 2 rings (SSSR count). The van der Waals surface area contributed by atoms with Gasteiger partial charge in [-0.25, -0.2) is 0 Å². The van der Waals surface area contributed by atoms with Gasteiger partial charge in [-0.2, -0.15) is 5.10 Å². The molecule has 6 heteroatoms. The molecule has 1 aromatic carbocycles. The fourth-order valence-corrected chi connectivity index (χ4v) is 1.94. The highest BCUT2D eigenvalue weighted by molar-refractivity contribution is 6.07. The van der Waals surface area contributed by atoms with Gasteiger partial charge in [-0.1, -0.05) is 19.1 Å². The molecule has 110 valence electrons. The summed E-state index contributed by atoms with van der Waals surface area (Å²) in [5.74, 6) is -0.963. The molecule has 0 spiro atoms. The number of hydrogen-bond donors (Lipinski definition) is 2. The van der Waals surface area contributed by atoms with E-state index in [0.29, 0.717) is 17.8 Å². The Labute approximate surface area is 122 Å². The highest BCUT2D eigenvalue weighted by atomic mass is 16.2. The first-order valence-electron chi connectivity index (χ1n) is 6.82. The van der Waals surface area contributed by atoms with Gasteiger partial charge in [0.1, 0.15) is 0 Å². The molecule has 1 aromatic heterocycles. The molecule has 6 nitrogen and oxygen atoms in total. The van der Waals surface area contributed by atoms with E-state index in [9.17, 15) is 9.59 Å². The lowest BCUT2D eigenvalue weighted by Gasteiger charge is -2.04. The van der Waals surface area contributed by atoms with E-state index in [0.717, 1.165) is 12.0 Å². The molecule has 0 fully saturated rings. The standard InChI is InChI=1S/C15H18N4O2/c1-3-10-5-7-11(8-6-10)15(21)17-12-9-19(4-2)18-13(12)14(16)20/h5-9H,3-4H2,1-2H3,(H2,16,20)(H,17,21). The number of anilines is 1. The number of rotatable bonds is 5. The molecule has 3 N–H and O–H groups in total. The van der Waals surface area contributed by atoms with Crippen molar-refractivity contribution in [2.24, 2.45) is 5.73 Å². The number of nitrogens with two attached hydrogens (primary N) is 1. The Morgan fingerprint density at radius 1 is 1.24 bits per heavy atom. The smallest absolute Gasteiger partial charge is 0.271 e. The molecule has 0 saturated carbocycles. The second kappa shape index (κ2) is 6.21. The van der Waals surface area contributed by atoms with E-state index in [1.807, 2.05) is 26.0 Å². The molecule has 0 unspecified atom stereocenters. The van der Waals surface area contributed by atoms with Crippen LogP contribution in [0.15, 0.2) is 30.5 Å². The molecule has 0 aliphatic carbocycles. The van der Waals surface area contributed by atoms with Crippen molar-refractivity contribution in [3.63, 3.8) is 0 Å². The molecular weight excluding hydrogens is 268 g/mol. The summed E-state index contributed by atoms with van der Waals surface area (Å²) in [5.41, 5.74) is 7.34. The predicted octanol–water partition coefficient (Wildman–Crippen LogP) is 1.82. The quantitative estimate of drug-likeness (QED) is 0.878. The number of hydrogen-bond acceptors (Lipinski definition) is 3. The van der Waals surface area contributed by atoms with E-state index in [1.54, 1.807) is 23.0 Å². The summed E-state index contributed by atoms with van der Waals surface area (Å²) >= 11 is 0. The predicted molar refractivity (Wildman–Crippen MR) is 80.2 cm³/mol. The van der Waals surface area contributed by atoms with Gasteiger partial charge in [0, 0.05) is 18.3 Å². The van der Waals surface area contributed by atoms with Crippen LogP contribution in [0.1, 0.15) is 40.3 Å². The minimum atomic E-state index is -0.668. The Bertz CT molecular complexity index is 659. The Morgan fingerprint density at radius 2 is 1.90 bits per heavy atom. The lowest BCUT2D eigenvalue weighted by molar-refractivity contribution is 0.0995. The van der Waals surface area contributed by atoms with Gasteiger partial charge in [-0.05, 0) is 31.0 Å². The maximum absolute atomic E-state index is 12.2. The molecule has 21 heavy (non-hydrogen) atoms. The molecule has 2 amide bonds. The number of amides is 2. The SMILES string of the molecule is CCc1ccc(C(=O)Nc2cn(CC)nc2C(N)=O)cc1. The van der Waals surface area contributed by atoms with Crippen LogP contribution in [-0.4, -0.2) is 21.6 Å². The minimum Gasteiger partial charge on any atom is -0.364 e. The summed E-state index contributed by atoms with van der Waals surface area (Å²) in [6, 6.07) is 7.31. The van der Waals surface area contributed by atoms with E-state index in [-0.39, 0.29) is 11.6 Å². The summed E-state index contributed by atoms with van der Waals surface area (Å²) < 4.78 is 1.55. The van der Waals surface area contributed by atoms with E-state index in [1.165, 1.54) is 0 Å². The van der Waals surface area contributed by atoms with E-state index in [2.05, 4.69) is 10.4 Å². The number of nitrogens with one attached hydrogen (secondary N) is 1.